The third kappa shape index (κ3) is 2.76. The van der Waals surface area contributed by atoms with Gasteiger partial charge in [-0.1, -0.05) is 0 Å². The van der Waals surface area contributed by atoms with E-state index in [-0.39, 0.29) is 17.7 Å². The van der Waals surface area contributed by atoms with Crippen molar-refractivity contribution in [3.8, 4) is 17.2 Å². The molecule has 3 N–H and O–H groups in total. The lowest BCUT2D eigenvalue weighted by Crippen LogP contribution is -2.00. The Morgan fingerprint density at radius 2 is 1.73 bits per heavy atom. The Hall–Kier alpha value is -1.42. The summed E-state index contributed by atoms with van der Waals surface area (Å²) in [5.41, 5.74) is -0.169. The molecule has 0 radical (unpaired) electrons. The van der Waals surface area contributed by atoms with Crippen LogP contribution in [0.1, 0.15) is 23.2 Å². The molecule has 0 saturated carbocycles. The van der Waals surface area contributed by atoms with Crippen LogP contribution in [0.5, 0.6) is 17.2 Å². The Labute approximate surface area is 91.7 Å². The van der Waals surface area contributed by atoms with Gasteiger partial charge < -0.3 is 15.3 Å². The van der Waals surface area contributed by atoms with Gasteiger partial charge in [-0.2, -0.15) is 0 Å². The fourth-order valence-electron chi connectivity index (χ4n) is 1.24. The van der Waals surface area contributed by atoms with Gasteiger partial charge in [-0.15, -0.1) is 11.6 Å². The molecule has 0 aromatic heterocycles. The average molecular weight is 231 g/mol. The zero-order chi connectivity index (χ0) is 11.4. The van der Waals surface area contributed by atoms with Crippen LogP contribution < -0.4 is 0 Å². The topological polar surface area (TPSA) is 77.8 Å². The van der Waals surface area contributed by atoms with E-state index in [1.54, 1.807) is 0 Å². The number of phenols is 3. The standard InChI is InChI=1S/C10H11ClO4/c11-3-1-2-7(13)10-8(14)4-6(12)5-9(10)15/h4-5,12,14-15H,1-3H2. The van der Waals surface area contributed by atoms with E-state index in [4.69, 9.17) is 16.7 Å². The molecule has 1 aromatic rings. The number of hydrogen-bond acceptors (Lipinski definition) is 4. The number of ketones is 1. The monoisotopic (exact) mass is 230 g/mol. The summed E-state index contributed by atoms with van der Waals surface area (Å²) in [5, 5.41) is 27.8. The lowest BCUT2D eigenvalue weighted by atomic mass is 10.0. The van der Waals surface area contributed by atoms with Crippen LogP contribution in [0.2, 0.25) is 0 Å². The predicted molar refractivity (Wildman–Crippen MR) is 55.7 cm³/mol. The zero-order valence-electron chi connectivity index (χ0n) is 7.90. The molecule has 82 valence electrons. The van der Waals surface area contributed by atoms with Gasteiger partial charge in [0.05, 0.1) is 0 Å². The van der Waals surface area contributed by atoms with E-state index in [0.717, 1.165) is 12.1 Å². The first-order valence-corrected chi connectivity index (χ1v) is 4.93. The number of phenolic OH excluding ortho intramolecular Hbond substituents is 3. The minimum absolute atomic E-state index is 0.148. The molecule has 0 fully saturated rings. The third-order valence-electron chi connectivity index (χ3n) is 1.90. The van der Waals surface area contributed by atoms with Crippen molar-refractivity contribution in [2.75, 3.05) is 5.88 Å². The highest BCUT2D eigenvalue weighted by Crippen LogP contribution is 2.32. The van der Waals surface area contributed by atoms with Gasteiger partial charge >= 0.3 is 0 Å². The molecule has 0 aliphatic rings. The lowest BCUT2D eigenvalue weighted by Gasteiger charge is -2.06. The summed E-state index contributed by atoms with van der Waals surface area (Å²) in [6.45, 7) is 0. The van der Waals surface area contributed by atoms with Gasteiger partial charge in [-0.25, -0.2) is 0 Å². The summed E-state index contributed by atoms with van der Waals surface area (Å²) >= 11 is 5.42. The van der Waals surface area contributed by atoms with Crippen LogP contribution in [0.4, 0.5) is 0 Å². The smallest absolute Gasteiger partial charge is 0.170 e. The van der Waals surface area contributed by atoms with Gasteiger partial charge in [0.1, 0.15) is 22.8 Å². The number of Topliss-reactive ketones (excluding diaryl/α,β-unsaturated/α-hetero) is 1. The van der Waals surface area contributed by atoms with Gasteiger partial charge in [0.2, 0.25) is 0 Å². The summed E-state index contributed by atoms with van der Waals surface area (Å²) in [6, 6.07) is 2.02. The zero-order valence-corrected chi connectivity index (χ0v) is 8.66. The highest BCUT2D eigenvalue weighted by Gasteiger charge is 2.16. The lowest BCUT2D eigenvalue weighted by molar-refractivity contribution is 0.0976. The average Bonchev–Trinajstić information content (AvgIpc) is 2.12. The normalized spacial score (nSPS) is 10.2. The number of aromatic hydroxyl groups is 3. The van der Waals surface area contributed by atoms with E-state index in [1.807, 2.05) is 0 Å². The van der Waals surface area contributed by atoms with E-state index < -0.39 is 17.3 Å². The first-order chi connectivity index (χ1) is 7.06. The predicted octanol–water partition coefficient (Wildman–Crippen LogP) is 2.01. The van der Waals surface area contributed by atoms with Crippen molar-refractivity contribution in [1.82, 2.24) is 0 Å². The van der Waals surface area contributed by atoms with Crippen molar-refractivity contribution in [2.45, 2.75) is 12.8 Å². The van der Waals surface area contributed by atoms with Gasteiger partial charge in [0, 0.05) is 24.4 Å². The SMILES string of the molecule is O=C(CCCCl)c1c(O)cc(O)cc1O. The number of benzene rings is 1. The minimum Gasteiger partial charge on any atom is -0.508 e. The minimum atomic E-state index is -0.424. The van der Waals surface area contributed by atoms with Gasteiger partial charge in [-0.3, -0.25) is 4.79 Å². The van der Waals surface area contributed by atoms with E-state index in [9.17, 15) is 15.0 Å². The summed E-state index contributed by atoms with van der Waals surface area (Å²) in [5.74, 6) is -1.20. The van der Waals surface area contributed by atoms with Crippen LogP contribution in [0.25, 0.3) is 0 Å². The largest absolute Gasteiger partial charge is 0.508 e. The highest BCUT2D eigenvalue weighted by molar-refractivity contribution is 6.18. The molecular weight excluding hydrogens is 220 g/mol. The first-order valence-electron chi connectivity index (χ1n) is 4.40. The number of carbonyl (C=O) groups excluding carboxylic acids is 1. The van der Waals surface area contributed by atoms with Crippen molar-refractivity contribution in [3.63, 3.8) is 0 Å². The highest BCUT2D eigenvalue weighted by atomic mass is 35.5. The molecule has 1 aromatic carbocycles. The van der Waals surface area contributed by atoms with Crippen LogP contribution in [0.3, 0.4) is 0 Å². The maximum atomic E-state index is 11.5. The molecule has 0 atom stereocenters. The van der Waals surface area contributed by atoms with Crippen molar-refractivity contribution >= 4 is 17.4 Å². The van der Waals surface area contributed by atoms with Crippen LogP contribution in [-0.2, 0) is 0 Å². The van der Waals surface area contributed by atoms with Crippen molar-refractivity contribution in [2.24, 2.45) is 0 Å². The molecule has 0 unspecified atom stereocenters. The molecule has 15 heavy (non-hydrogen) atoms. The summed E-state index contributed by atoms with van der Waals surface area (Å²) in [4.78, 5) is 11.5. The summed E-state index contributed by atoms with van der Waals surface area (Å²) in [6.07, 6.45) is 0.621. The molecular formula is C10H11ClO4. The van der Waals surface area contributed by atoms with Gasteiger partial charge in [0.25, 0.3) is 0 Å². The summed E-state index contributed by atoms with van der Waals surface area (Å²) in [7, 11) is 0. The van der Waals surface area contributed by atoms with Gasteiger partial charge in [-0.05, 0) is 6.42 Å². The Bertz CT molecular complexity index is 353. The molecule has 0 bridgehead atoms. The molecule has 0 spiro atoms. The Kier molecular flexibility index (Phi) is 3.80. The van der Waals surface area contributed by atoms with Crippen molar-refractivity contribution in [3.05, 3.63) is 17.7 Å². The molecule has 5 heteroatoms. The van der Waals surface area contributed by atoms with Crippen molar-refractivity contribution in [1.29, 1.82) is 0 Å². The molecule has 0 aliphatic heterocycles. The van der Waals surface area contributed by atoms with Crippen molar-refractivity contribution < 1.29 is 20.1 Å². The Balaban J connectivity index is 2.98. The molecule has 4 nitrogen and oxygen atoms in total. The Morgan fingerprint density at radius 3 is 2.20 bits per heavy atom. The molecule has 0 saturated heterocycles. The maximum absolute atomic E-state index is 11.5. The molecule has 0 aliphatic carbocycles. The number of carbonyl (C=O) groups is 1. The molecule has 0 heterocycles. The second-order valence-corrected chi connectivity index (χ2v) is 3.45. The van der Waals surface area contributed by atoms with Crippen LogP contribution in [0, 0.1) is 0 Å². The van der Waals surface area contributed by atoms with Crippen LogP contribution >= 0.6 is 11.6 Å². The fourth-order valence-corrected chi connectivity index (χ4v) is 1.37. The van der Waals surface area contributed by atoms with E-state index in [2.05, 4.69) is 0 Å². The van der Waals surface area contributed by atoms with E-state index >= 15 is 0 Å². The molecule has 1 rings (SSSR count). The summed E-state index contributed by atoms with van der Waals surface area (Å²) < 4.78 is 0. The van der Waals surface area contributed by atoms with Crippen LogP contribution in [-0.4, -0.2) is 27.0 Å². The number of alkyl halides is 1. The third-order valence-corrected chi connectivity index (χ3v) is 2.17. The Morgan fingerprint density at radius 1 is 1.20 bits per heavy atom. The second kappa shape index (κ2) is 4.89. The number of rotatable bonds is 4. The fraction of sp³-hybridized carbons (Fsp3) is 0.300. The number of halogens is 1. The van der Waals surface area contributed by atoms with Gasteiger partial charge in [0.15, 0.2) is 5.78 Å². The van der Waals surface area contributed by atoms with E-state index in [1.165, 1.54) is 0 Å². The molecule has 0 amide bonds. The quantitative estimate of drug-likeness (QED) is 0.546. The maximum Gasteiger partial charge on any atom is 0.170 e. The first kappa shape index (κ1) is 11.7. The van der Waals surface area contributed by atoms with E-state index in [0.29, 0.717) is 12.3 Å². The second-order valence-electron chi connectivity index (χ2n) is 3.07. The van der Waals surface area contributed by atoms with Crippen LogP contribution in [0.15, 0.2) is 12.1 Å². The number of hydrogen-bond donors (Lipinski definition) is 3.